The first kappa shape index (κ1) is 12.5. The van der Waals surface area contributed by atoms with Gasteiger partial charge in [-0.3, -0.25) is 0 Å². The minimum absolute atomic E-state index is 0.855. The SMILES string of the molecule is CCCCCCCCC/C(C)=N\O. The third-order valence-electron chi connectivity index (χ3n) is 2.31. The number of rotatable bonds is 8. The van der Waals surface area contributed by atoms with Gasteiger partial charge in [0.05, 0.1) is 5.71 Å². The molecule has 1 N–H and O–H groups in total. The molecule has 2 nitrogen and oxygen atoms in total. The predicted molar refractivity (Wildman–Crippen MR) is 57.5 cm³/mol. The molecule has 0 fully saturated rings. The largest absolute Gasteiger partial charge is 0.411 e. The van der Waals surface area contributed by atoms with Crippen LogP contribution >= 0.6 is 0 Å². The van der Waals surface area contributed by atoms with Crippen LogP contribution in [0.5, 0.6) is 0 Å². The van der Waals surface area contributed by atoms with E-state index in [9.17, 15) is 0 Å². The van der Waals surface area contributed by atoms with Gasteiger partial charge >= 0.3 is 0 Å². The van der Waals surface area contributed by atoms with E-state index in [1.54, 1.807) is 0 Å². The highest BCUT2D eigenvalue weighted by Crippen LogP contribution is 2.08. The van der Waals surface area contributed by atoms with Crippen molar-refractivity contribution in [3.8, 4) is 0 Å². The van der Waals surface area contributed by atoms with Gasteiger partial charge in [-0.25, -0.2) is 0 Å². The van der Waals surface area contributed by atoms with Crippen LogP contribution < -0.4 is 0 Å². The van der Waals surface area contributed by atoms with Gasteiger partial charge in [0.15, 0.2) is 0 Å². The first-order valence-corrected chi connectivity index (χ1v) is 5.48. The first-order chi connectivity index (χ1) is 6.31. The Labute approximate surface area is 82.0 Å². The van der Waals surface area contributed by atoms with Crippen molar-refractivity contribution < 1.29 is 5.21 Å². The minimum atomic E-state index is 0.855. The molecule has 0 aromatic rings. The average molecular weight is 185 g/mol. The van der Waals surface area contributed by atoms with Crippen LogP contribution in [0.3, 0.4) is 0 Å². The Hall–Kier alpha value is -0.530. The van der Waals surface area contributed by atoms with Crippen molar-refractivity contribution in [1.29, 1.82) is 0 Å². The summed E-state index contributed by atoms with van der Waals surface area (Å²) in [6.07, 6.45) is 10.2. The van der Waals surface area contributed by atoms with E-state index in [0.29, 0.717) is 0 Å². The summed E-state index contributed by atoms with van der Waals surface area (Å²) in [5.41, 5.74) is 0.855. The van der Waals surface area contributed by atoms with Crippen LogP contribution in [0.4, 0.5) is 0 Å². The fourth-order valence-corrected chi connectivity index (χ4v) is 1.39. The van der Waals surface area contributed by atoms with Crippen LogP contribution in [0.2, 0.25) is 0 Å². The van der Waals surface area contributed by atoms with Crippen LogP contribution in [0.1, 0.15) is 65.2 Å². The van der Waals surface area contributed by atoms with Crippen molar-refractivity contribution in [1.82, 2.24) is 0 Å². The molecular weight excluding hydrogens is 162 g/mol. The second kappa shape index (κ2) is 9.56. The molecule has 0 aliphatic heterocycles. The molecule has 0 aliphatic carbocycles. The molecule has 0 aromatic carbocycles. The molecule has 0 radical (unpaired) electrons. The fraction of sp³-hybridized carbons (Fsp3) is 0.909. The van der Waals surface area contributed by atoms with Crippen molar-refractivity contribution in [2.75, 3.05) is 0 Å². The van der Waals surface area contributed by atoms with E-state index in [0.717, 1.165) is 12.1 Å². The Kier molecular flexibility index (Phi) is 9.17. The Morgan fingerprint density at radius 1 is 1.00 bits per heavy atom. The summed E-state index contributed by atoms with van der Waals surface area (Å²) >= 11 is 0. The molecule has 0 spiro atoms. The van der Waals surface area contributed by atoms with Gasteiger partial charge in [0.1, 0.15) is 0 Å². The highest BCUT2D eigenvalue weighted by molar-refractivity contribution is 5.81. The maximum Gasteiger partial charge on any atom is 0.0540 e. The zero-order valence-corrected chi connectivity index (χ0v) is 9.05. The number of hydrogen-bond donors (Lipinski definition) is 1. The Bertz CT molecular complexity index is 132. The summed E-state index contributed by atoms with van der Waals surface area (Å²) in [4.78, 5) is 0. The van der Waals surface area contributed by atoms with E-state index >= 15 is 0 Å². The normalized spacial score (nSPS) is 12.0. The van der Waals surface area contributed by atoms with Crippen molar-refractivity contribution in [3.63, 3.8) is 0 Å². The Balaban J connectivity index is 3.00. The smallest absolute Gasteiger partial charge is 0.0540 e. The van der Waals surface area contributed by atoms with Crippen LogP contribution in [0.15, 0.2) is 5.16 Å². The third kappa shape index (κ3) is 9.38. The van der Waals surface area contributed by atoms with E-state index in [1.165, 1.54) is 44.9 Å². The monoisotopic (exact) mass is 185 g/mol. The second-order valence-electron chi connectivity index (χ2n) is 3.71. The lowest BCUT2D eigenvalue weighted by Crippen LogP contribution is -1.90. The first-order valence-electron chi connectivity index (χ1n) is 5.48. The van der Waals surface area contributed by atoms with Gasteiger partial charge in [-0.15, -0.1) is 0 Å². The second-order valence-corrected chi connectivity index (χ2v) is 3.71. The molecule has 0 aliphatic rings. The minimum Gasteiger partial charge on any atom is -0.411 e. The average Bonchev–Trinajstić information content (AvgIpc) is 2.16. The van der Waals surface area contributed by atoms with Crippen LogP contribution in [-0.4, -0.2) is 10.9 Å². The third-order valence-corrected chi connectivity index (χ3v) is 2.31. The summed E-state index contributed by atoms with van der Waals surface area (Å²) in [6, 6.07) is 0. The van der Waals surface area contributed by atoms with Crippen LogP contribution in [-0.2, 0) is 0 Å². The van der Waals surface area contributed by atoms with E-state index < -0.39 is 0 Å². The van der Waals surface area contributed by atoms with E-state index in [-0.39, 0.29) is 0 Å². The molecule has 0 rings (SSSR count). The molecule has 0 heterocycles. The molecule has 0 atom stereocenters. The van der Waals surface area contributed by atoms with Gasteiger partial charge in [0.25, 0.3) is 0 Å². The fourth-order valence-electron chi connectivity index (χ4n) is 1.39. The summed E-state index contributed by atoms with van der Waals surface area (Å²) in [5, 5.41) is 11.5. The Morgan fingerprint density at radius 3 is 2.08 bits per heavy atom. The lowest BCUT2D eigenvalue weighted by atomic mass is 10.1. The van der Waals surface area contributed by atoms with Gasteiger partial charge in [-0.05, 0) is 19.8 Å². The molecule has 0 bridgehead atoms. The maximum absolute atomic E-state index is 8.40. The molecule has 0 saturated carbocycles. The maximum atomic E-state index is 8.40. The van der Waals surface area contributed by atoms with E-state index in [2.05, 4.69) is 12.1 Å². The molecule has 78 valence electrons. The summed E-state index contributed by atoms with van der Waals surface area (Å²) in [5.74, 6) is 0. The zero-order valence-electron chi connectivity index (χ0n) is 9.05. The number of oxime groups is 1. The van der Waals surface area contributed by atoms with Gasteiger partial charge in [-0.2, -0.15) is 0 Å². The van der Waals surface area contributed by atoms with Crippen molar-refractivity contribution in [2.45, 2.75) is 65.2 Å². The molecule has 13 heavy (non-hydrogen) atoms. The van der Waals surface area contributed by atoms with Crippen LogP contribution in [0, 0.1) is 0 Å². The van der Waals surface area contributed by atoms with Crippen LogP contribution in [0.25, 0.3) is 0 Å². The van der Waals surface area contributed by atoms with Gasteiger partial charge in [0.2, 0.25) is 0 Å². The quantitative estimate of drug-likeness (QED) is 0.264. The molecule has 0 amide bonds. The van der Waals surface area contributed by atoms with E-state index in [1.807, 2.05) is 6.92 Å². The number of hydrogen-bond acceptors (Lipinski definition) is 2. The molecular formula is C11H23NO. The van der Waals surface area contributed by atoms with E-state index in [4.69, 9.17) is 5.21 Å². The lowest BCUT2D eigenvalue weighted by molar-refractivity contribution is 0.317. The highest BCUT2D eigenvalue weighted by Gasteiger charge is 1.93. The lowest BCUT2D eigenvalue weighted by Gasteiger charge is -2.00. The standard InChI is InChI=1S/C11H23NO/c1-3-4-5-6-7-8-9-10-11(2)12-13/h13H,3-10H2,1-2H3/b12-11-. The predicted octanol–water partition coefficient (Wildman–Crippen LogP) is 3.98. The van der Waals surface area contributed by atoms with Gasteiger partial charge in [0, 0.05) is 0 Å². The summed E-state index contributed by atoms with van der Waals surface area (Å²) in [7, 11) is 0. The molecule has 0 unspecified atom stereocenters. The number of nitrogens with zero attached hydrogens (tertiary/aromatic N) is 1. The Morgan fingerprint density at radius 2 is 1.54 bits per heavy atom. The summed E-state index contributed by atoms with van der Waals surface area (Å²) < 4.78 is 0. The number of unbranched alkanes of at least 4 members (excludes halogenated alkanes) is 6. The van der Waals surface area contributed by atoms with Gasteiger partial charge < -0.3 is 5.21 Å². The zero-order chi connectivity index (χ0) is 9.94. The van der Waals surface area contributed by atoms with Crippen molar-refractivity contribution in [2.24, 2.45) is 5.16 Å². The van der Waals surface area contributed by atoms with Crippen molar-refractivity contribution in [3.05, 3.63) is 0 Å². The molecule has 0 saturated heterocycles. The van der Waals surface area contributed by atoms with Gasteiger partial charge in [-0.1, -0.05) is 50.6 Å². The highest BCUT2D eigenvalue weighted by atomic mass is 16.4. The van der Waals surface area contributed by atoms with Crippen molar-refractivity contribution >= 4 is 5.71 Å². The summed E-state index contributed by atoms with van der Waals surface area (Å²) in [6.45, 7) is 4.11. The topological polar surface area (TPSA) is 32.6 Å². The molecule has 2 heteroatoms. The molecule has 0 aromatic heterocycles.